The maximum atomic E-state index is 12.1. The third-order valence-electron chi connectivity index (χ3n) is 3.11. The van der Waals surface area contributed by atoms with Crippen LogP contribution in [0.15, 0.2) is 10.3 Å². The van der Waals surface area contributed by atoms with E-state index in [0.717, 1.165) is 11.8 Å². The van der Waals surface area contributed by atoms with Crippen molar-refractivity contribution in [1.29, 1.82) is 0 Å². The molecule has 0 saturated carbocycles. The fourth-order valence-electron chi connectivity index (χ4n) is 1.59. The molecule has 1 aliphatic rings. The van der Waals surface area contributed by atoms with Crippen LogP contribution in [0.3, 0.4) is 0 Å². The standard InChI is InChI=1S/C12H22N2O5S2/c1-6(2)21(18,19)8-5-7(9(13)15)10(20-8)14-11(16)12(3,4)17/h5-7,10-11,14,16-17H,1-4H3,(H2,13,15). The molecule has 0 bridgehead atoms. The first-order valence-electron chi connectivity index (χ1n) is 6.45. The van der Waals surface area contributed by atoms with Crippen molar-refractivity contribution in [2.75, 3.05) is 0 Å². The third kappa shape index (κ3) is 4.19. The van der Waals surface area contributed by atoms with Crippen LogP contribution in [-0.4, -0.2) is 47.0 Å². The van der Waals surface area contributed by atoms with Gasteiger partial charge in [0.1, 0.15) is 6.23 Å². The molecule has 0 aromatic heterocycles. The van der Waals surface area contributed by atoms with E-state index in [0.29, 0.717) is 0 Å². The molecule has 0 saturated heterocycles. The number of hydrogen-bond donors (Lipinski definition) is 4. The summed E-state index contributed by atoms with van der Waals surface area (Å²) in [6.07, 6.45) is -0.0248. The maximum Gasteiger partial charge on any atom is 0.226 e. The summed E-state index contributed by atoms with van der Waals surface area (Å²) in [5, 5.41) is 20.8. The summed E-state index contributed by atoms with van der Waals surface area (Å²) in [5.74, 6) is -1.58. The Morgan fingerprint density at radius 3 is 2.38 bits per heavy atom. The molecule has 1 heterocycles. The lowest BCUT2D eigenvalue weighted by Crippen LogP contribution is -2.52. The summed E-state index contributed by atoms with van der Waals surface area (Å²) in [4.78, 5) is 11.5. The van der Waals surface area contributed by atoms with Crippen molar-refractivity contribution < 1.29 is 23.4 Å². The zero-order valence-corrected chi connectivity index (χ0v) is 14.0. The van der Waals surface area contributed by atoms with Gasteiger partial charge >= 0.3 is 0 Å². The van der Waals surface area contributed by atoms with Gasteiger partial charge in [-0.05, 0) is 33.8 Å². The molecule has 3 atom stereocenters. The van der Waals surface area contributed by atoms with Gasteiger partial charge in [-0.1, -0.05) is 11.8 Å². The zero-order chi connectivity index (χ0) is 16.6. The SMILES string of the molecule is CC(C)S(=O)(=O)C1=CC(C(N)=O)C(NC(O)C(C)(C)O)S1. The van der Waals surface area contributed by atoms with Crippen LogP contribution in [0.4, 0.5) is 0 Å². The summed E-state index contributed by atoms with van der Waals surface area (Å²) >= 11 is 0.917. The normalized spacial score (nSPS) is 25.0. The number of nitrogens with two attached hydrogens (primary N) is 1. The first-order valence-corrected chi connectivity index (χ1v) is 8.88. The van der Waals surface area contributed by atoms with Crippen molar-refractivity contribution in [3.63, 3.8) is 0 Å². The molecule has 0 aliphatic carbocycles. The predicted octanol–water partition coefficient (Wildman–Crippen LogP) is -0.496. The summed E-state index contributed by atoms with van der Waals surface area (Å²) in [7, 11) is -3.52. The van der Waals surface area contributed by atoms with E-state index in [-0.39, 0.29) is 4.24 Å². The molecule has 3 unspecified atom stereocenters. The van der Waals surface area contributed by atoms with Crippen LogP contribution in [0.1, 0.15) is 27.7 Å². The van der Waals surface area contributed by atoms with Gasteiger partial charge in [-0.3, -0.25) is 10.1 Å². The minimum absolute atomic E-state index is 0.0572. The Hall–Kier alpha value is -0.610. The number of thioether (sulfide) groups is 1. The van der Waals surface area contributed by atoms with Crippen LogP contribution in [0, 0.1) is 5.92 Å². The molecule has 0 aromatic rings. The molecule has 1 aliphatic heterocycles. The van der Waals surface area contributed by atoms with E-state index in [9.17, 15) is 23.4 Å². The predicted molar refractivity (Wildman–Crippen MR) is 81.6 cm³/mol. The van der Waals surface area contributed by atoms with Gasteiger partial charge in [0.05, 0.1) is 26.4 Å². The van der Waals surface area contributed by atoms with Crippen LogP contribution in [-0.2, 0) is 14.6 Å². The van der Waals surface area contributed by atoms with E-state index < -0.39 is 44.1 Å². The zero-order valence-electron chi connectivity index (χ0n) is 12.4. The highest BCUT2D eigenvalue weighted by atomic mass is 32.3. The second kappa shape index (κ2) is 6.25. The van der Waals surface area contributed by atoms with E-state index in [4.69, 9.17) is 5.73 Å². The van der Waals surface area contributed by atoms with Crippen molar-refractivity contribution in [1.82, 2.24) is 5.32 Å². The average molecular weight is 338 g/mol. The van der Waals surface area contributed by atoms with Crippen molar-refractivity contribution in [2.24, 2.45) is 11.7 Å². The first kappa shape index (κ1) is 18.4. The Bertz CT molecular complexity index is 536. The van der Waals surface area contributed by atoms with Gasteiger partial charge in [-0.15, -0.1) is 0 Å². The lowest BCUT2D eigenvalue weighted by Gasteiger charge is -2.29. The van der Waals surface area contributed by atoms with Crippen LogP contribution in [0.5, 0.6) is 0 Å². The molecule has 21 heavy (non-hydrogen) atoms. The largest absolute Gasteiger partial charge is 0.386 e. The summed E-state index contributed by atoms with van der Waals surface area (Å²) < 4.78 is 24.4. The molecule has 0 spiro atoms. The van der Waals surface area contributed by atoms with Crippen LogP contribution in [0.2, 0.25) is 0 Å². The van der Waals surface area contributed by atoms with Crippen molar-refractivity contribution in [3.8, 4) is 0 Å². The number of aliphatic hydroxyl groups is 2. The van der Waals surface area contributed by atoms with Gasteiger partial charge in [0.15, 0.2) is 9.84 Å². The Morgan fingerprint density at radius 1 is 1.48 bits per heavy atom. The number of rotatable bonds is 6. The number of primary amides is 1. The van der Waals surface area contributed by atoms with Crippen molar-refractivity contribution in [3.05, 3.63) is 10.3 Å². The Kier molecular flexibility index (Phi) is 5.49. The molecule has 1 rings (SSSR count). The van der Waals surface area contributed by atoms with Crippen molar-refractivity contribution in [2.45, 2.75) is 50.1 Å². The second-order valence-corrected chi connectivity index (χ2v) is 9.68. The van der Waals surface area contributed by atoms with E-state index in [1.54, 1.807) is 13.8 Å². The molecule has 0 aromatic carbocycles. The molecule has 7 nitrogen and oxygen atoms in total. The highest BCUT2D eigenvalue weighted by Crippen LogP contribution is 2.40. The Labute approximate surface area is 128 Å². The Balaban J connectivity index is 2.99. The molecule has 9 heteroatoms. The summed E-state index contributed by atoms with van der Waals surface area (Å²) in [6.45, 7) is 5.87. The number of amides is 1. The third-order valence-corrected chi connectivity index (χ3v) is 7.08. The van der Waals surface area contributed by atoms with Crippen molar-refractivity contribution >= 4 is 27.5 Å². The highest BCUT2D eigenvalue weighted by molar-refractivity contribution is 8.19. The fourth-order valence-corrected chi connectivity index (χ4v) is 4.85. The number of aliphatic hydroxyl groups excluding tert-OH is 1. The molecule has 1 amide bonds. The minimum atomic E-state index is -3.52. The Morgan fingerprint density at radius 2 is 2.00 bits per heavy atom. The number of carbonyl (C=O) groups excluding carboxylic acids is 1. The fraction of sp³-hybridized carbons (Fsp3) is 0.750. The number of hydrogen-bond acceptors (Lipinski definition) is 7. The molecule has 0 fully saturated rings. The summed E-state index contributed by atoms with van der Waals surface area (Å²) in [6, 6.07) is 0. The average Bonchev–Trinajstić information content (AvgIpc) is 2.72. The van der Waals surface area contributed by atoms with Gasteiger partial charge in [-0.25, -0.2) is 8.42 Å². The van der Waals surface area contributed by atoms with Crippen LogP contribution >= 0.6 is 11.8 Å². The van der Waals surface area contributed by atoms with E-state index in [1.807, 2.05) is 0 Å². The van der Waals surface area contributed by atoms with Gasteiger partial charge in [0.2, 0.25) is 5.91 Å². The van der Waals surface area contributed by atoms with E-state index in [2.05, 4.69) is 5.32 Å². The number of sulfone groups is 1. The monoisotopic (exact) mass is 338 g/mol. The van der Waals surface area contributed by atoms with Gasteiger partial charge < -0.3 is 15.9 Å². The lowest BCUT2D eigenvalue weighted by atomic mass is 10.1. The molecular weight excluding hydrogens is 316 g/mol. The number of carbonyl (C=O) groups is 1. The van der Waals surface area contributed by atoms with E-state index >= 15 is 0 Å². The van der Waals surface area contributed by atoms with Gasteiger partial charge in [-0.2, -0.15) is 0 Å². The molecule has 0 radical (unpaired) electrons. The highest BCUT2D eigenvalue weighted by Gasteiger charge is 2.40. The molecular formula is C12H22N2O5S2. The van der Waals surface area contributed by atoms with E-state index in [1.165, 1.54) is 19.9 Å². The molecule has 5 N–H and O–H groups in total. The smallest absolute Gasteiger partial charge is 0.226 e. The second-order valence-electron chi connectivity index (χ2n) is 5.77. The number of nitrogens with one attached hydrogen (secondary N) is 1. The summed E-state index contributed by atoms with van der Waals surface area (Å²) in [5.41, 5.74) is 3.84. The topological polar surface area (TPSA) is 130 Å². The van der Waals surface area contributed by atoms with Gasteiger partial charge in [0, 0.05) is 0 Å². The lowest BCUT2D eigenvalue weighted by molar-refractivity contribution is -0.121. The quantitative estimate of drug-likeness (QED) is 0.481. The minimum Gasteiger partial charge on any atom is -0.386 e. The molecule has 122 valence electrons. The maximum absolute atomic E-state index is 12.1. The first-order chi connectivity index (χ1) is 9.37. The van der Waals surface area contributed by atoms with Gasteiger partial charge in [0.25, 0.3) is 0 Å². The van der Waals surface area contributed by atoms with Crippen LogP contribution in [0.25, 0.3) is 0 Å². The van der Waals surface area contributed by atoms with Crippen LogP contribution < -0.4 is 11.1 Å².